The maximum absolute atomic E-state index is 12.6. The number of esters is 1. The molecule has 0 saturated heterocycles. The Kier molecular flexibility index (Phi) is 4.30. The number of aromatic nitrogens is 2. The van der Waals surface area contributed by atoms with Crippen molar-refractivity contribution in [1.29, 1.82) is 0 Å². The Morgan fingerprint density at radius 2 is 2.04 bits per heavy atom. The normalized spacial score (nSPS) is 23.5. The van der Waals surface area contributed by atoms with Gasteiger partial charge in [-0.3, -0.25) is 4.79 Å². The number of hydrogen-bond donors (Lipinski definition) is 0. The summed E-state index contributed by atoms with van der Waals surface area (Å²) in [5.74, 6) is 0.558. The highest BCUT2D eigenvalue weighted by molar-refractivity contribution is 6.07. The summed E-state index contributed by atoms with van der Waals surface area (Å²) in [5.41, 5.74) is 2.57. The molecule has 2 heterocycles. The quantitative estimate of drug-likeness (QED) is 0.782. The molecule has 1 aromatic heterocycles. The Morgan fingerprint density at radius 1 is 1.33 bits per heavy atom. The molecule has 0 N–H and O–H groups in total. The molecule has 1 amide bonds. The summed E-state index contributed by atoms with van der Waals surface area (Å²) in [6.45, 7) is 6.41. The number of fused-ring (bicyclic) bond motifs is 4. The van der Waals surface area contributed by atoms with Gasteiger partial charge in [-0.2, -0.15) is 0 Å². The number of nitrogens with zero attached hydrogens (tertiary/aromatic N) is 3. The van der Waals surface area contributed by atoms with E-state index in [4.69, 9.17) is 4.74 Å². The first-order valence-corrected chi connectivity index (χ1v) is 8.53. The van der Waals surface area contributed by atoms with E-state index in [1.807, 2.05) is 18.4 Å². The van der Waals surface area contributed by atoms with Crippen LogP contribution in [0.25, 0.3) is 5.70 Å². The summed E-state index contributed by atoms with van der Waals surface area (Å²) in [7, 11) is 1.75. The van der Waals surface area contributed by atoms with Crippen LogP contribution in [0.3, 0.4) is 0 Å². The number of rotatable bonds is 2. The van der Waals surface area contributed by atoms with Gasteiger partial charge in [-0.15, -0.1) is 0 Å². The van der Waals surface area contributed by atoms with E-state index >= 15 is 0 Å². The van der Waals surface area contributed by atoms with Gasteiger partial charge in [0.2, 0.25) is 0 Å². The van der Waals surface area contributed by atoms with Crippen molar-refractivity contribution in [2.75, 3.05) is 13.7 Å². The molecule has 0 aromatic carbocycles. The fraction of sp³-hybridized carbons (Fsp3) is 0.500. The number of hydrogen-bond acceptors (Lipinski definition) is 4. The lowest BCUT2D eigenvalue weighted by molar-refractivity contribution is -0.125. The van der Waals surface area contributed by atoms with Crippen molar-refractivity contribution >= 4 is 17.6 Å². The molecule has 24 heavy (non-hydrogen) atoms. The SMILES string of the molecule is CC.CCOC(=O)c1ncn2c1CN(C)C(=O)C1=CC3CC3C=C12. The molecule has 0 spiro atoms. The molecule has 0 bridgehead atoms. The molecule has 1 aromatic rings. The molecule has 128 valence electrons. The molecule has 6 nitrogen and oxygen atoms in total. The van der Waals surface area contributed by atoms with Crippen LogP contribution in [-0.2, 0) is 16.1 Å². The van der Waals surface area contributed by atoms with E-state index < -0.39 is 5.97 Å². The van der Waals surface area contributed by atoms with Crippen molar-refractivity contribution in [3.63, 3.8) is 0 Å². The first-order valence-electron chi connectivity index (χ1n) is 8.53. The summed E-state index contributed by atoms with van der Waals surface area (Å²) in [5, 5.41) is 0. The molecule has 1 aliphatic heterocycles. The van der Waals surface area contributed by atoms with E-state index in [-0.39, 0.29) is 5.91 Å². The van der Waals surface area contributed by atoms with E-state index in [0.29, 0.717) is 41.9 Å². The second-order valence-electron chi connectivity index (χ2n) is 5.99. The first kappa shape index (κ1) is 16.5. The lowest BCUT2D eigenvalue weighted by Gasteiger charge is -2.16. The lowest BCUT2D eigenvalue weighted by atomic mass is 10.0. The van der Waals surface area contributed by atoms with Crippen molar-refractivity contribution < 1.29 is 14.3 Å². The standard InChI is InChI=1S/C16H17N3O3.C2H6/c1-3-22-16(21)14-13-7-18(2)15(20)11-5-9-4-10(9)6-12(11)19(13)8-17-14;1-2/h5-6,8-10H,3-4,7H2,1-2H3;1-2H3. The van der Waals surface area contributed by atoms with Crippen LogP contribution in [0.2, 0.25) is 0 Å². The molecule has 1 fully saturated rings. The zero-order valence-electron chi connectivity index (χ0n) is 14.6. The van der Waals surface area contributed by atoms with E-state index in [9.17, 15) is 9.59 Å². The predicted molar refractivity (Wildman–Crippen MR) is 90.0 cm³/mol. The van der Waals surface area contributed by atoms with Crippen LogP contribution in [0.1, 0.15) is 43.4 Å². The molecule has 4 rings (SSSR count). The zero-order chi connectivity index (χ0) is 17.4. The summed E-state index contributed by atoms with van der Waals surface area (Å²) in [6, 6.07) is 0. The minimum absolute atomic E-state index is 0.00453. The Hall–Kier alpha value is -2.37. The average molecular weight is 329 g/mol. The number of ether oxygens (including phenoxy) is 1. The number of carbonyl (C=O) groups excluding carboxylic acids is 2. The summed E-state index contributed by atoms with van der Waals surface area (Å²) in [6.07, 6.45) is 6.92. The molecule has 2 aliphatic carbocycles. The smallest absolute Gasteiger partial charge is 0.358 e. The molecule has 3 aliphatic rings. The van der Waals surface area contributed by atoms with Gasteiger partial charge in [0.25, 0.3) is 5.91 Å². The minimum Gasteiger partial charge on any atom is -0.461 e. The number of amides is 1. The third kappa shape index (κ3) is 2.56. The predicted octanol–water partition coefficient (Wildman–Crippen LogP) is 2.48. The second-order valence-corrected chi connectivity index (χ2v) is 5.99. The fourth-order valence-corrected chi connectivity index (χ4v) is 3.21. The minimum atomic E-state index is -0.440. The number of imidazole rings is 1. The second kappa shape index (κ2) is 6.26. The van der Waals surface area contributed by atoms with Crippen LogP contribution in [0.4, 0.5) is 0 Å². The van der Waals surface area contributed by atoms with Crippen molar-refractivity contribution in [2.24, 2.45) is 11.8 Å². The Bertz CT molecular complexity index is 745. The fourth-order valence-electron chi connectivity index (χ4n) is 3.21. The van der Waals surface area contributed by atoms with Gasteiger partial charge >= 0.3 is 5.97 Å². The van der Waals surface area contributed by atoms with E-state index in [2.05, 4.69) is 17.1 Å². The summed E-state index contributed by atoms with van der Waals surface area (Å²) < 4.78 is 6.94. The van der Waals surface area contributed by atoms with Crippen molar-refractivity contribution in [3.8, 4) is 0 Å². The Balaban J connectivity index is 0.000000815. The monoisotopic (exact) mass is 329 g/mol. The van der Waals surface area contributed by atoms with Gasteiger partial charge < -0.3 is 14.2 Å². The zero-order valence-corrected chi connectivity index (χ0v) is 14.6. The maximum Gasteiger partial charge on any atom is 0.358 e. The van der Waals surface area contributed by atoms with Gasteiger partial charge in [-0.1, -0.05) is 26.0 Å². The summed E-state index contributed by atoms with van der Waals surface area (Å²) >= 11 is 0. The number of carbonyl (C=O) groups is 2. The van der Waals surface area contributed by atoms with Crippen LogP contribution < -0.4 is 0 Å². The average Bonchev–Trinajstić information content (AvgIpc) is 3.26. The largest absolute Gasteiger partial charge is 0.461 e. The Labute approximate surface area is 141 Å². The lowest BCUT2D eigenvalue weighted by Crippen LogP contribution is -2.27. The van der Waals surface area contributed by atoms with E-state index in [1.54, 1.807) is 25.2 Å². The topological polar surface area (TPSA) is 64.4 Å². The van der Waals surface area contributed by atoms with Crippen molar-refractivity contribution in [1.82, 2.24) is 14.5 Å². The third-order valence-electron chi connectivity index (χ3n) is 4.48. The van der Waals surface area contributed by atoms with Gasteiger partial charge in [-0.05, 0) is 25.2 Å². The molecular formula is C18H23N3O3. The van der Waals surface area contributed by atoms with Crippen LogP contribution in [0, 0.1) is 11.8 Å². The molecular weight excluding hydrogens is 306 g/mol. The summed E-state index contributed by atoms with van der Waals surface area (Å²) in [4.78, 5) is 30.5. The van der Waals surface area contributed by atoms with E-state index in [0.717, 1.165) is 12.1 Å². The first-order chi connectivity index (χ1) is 11.6. The molecule has 1 saturated carbocycles. The van der Waals surface area contributed by atoms with Gasteiger partial charge in [0, 0.05) is 7.05 Å². The highest BCUT2D eigenvalue weighted by atomic mass is 16.5. The highest BCUT2D eigenvalue weighted by Gasteiger charge is 2.41. The van der Waals surface area contributed by atoms with Crippen LogP contribution in [0.15, 0.2) is 24.1 Å². The third-order valence-corrected chi connectivity index (χ3v) is 4.48. The molecule has 2 atom stereocenters. The highest BCUT2D eigenvalue weighted by Crippen LogP contribution is 2.48. The van der Waals surface area contributed by atoms with Crippen molar-refractivity contribution in [3.05, 3.63) is 35.4 Å². The van der Waals surface area contributed by atoms with Crippen LogP contribution in [0.5, 0.6) is 0 Å². The van der Waals surface area contributed by atoms with Gasteiger partial charge in [0.15, 0.2) is 5.69 Å². The molecule has 0 radical (unpaired) electrons. The van der Waals surface area contributed by atoms with Gasteiger partial charge in [-0.25, -0.2) is 9.78 Å². The van der Waals surface area contributed by atoms with Gasteiger partial charge in [0.1, 0.15) is 6.33 Å². The van der Waals surface area contributed by atoms with Crippen LogP contribution in [-0.4, -0.2) is 40.0 Å². The maximum atomic E-state index is 12.6. The molecule has 2 unspecified atom stereocenters. The van der Waals surface area contributed by atoms with Gasteiger partial charge in [0.05, 0.1) is 30.1 Å². The Morgan fingerprint density at radius 3 is 2.75 bits per heavy atom. The number of likely N-dealkylation sites (N-methyl/N-ethyl adjacent to an activating group) is 1. The van der Waals surface area contributed by atoms with Crippen molar-refractivity contribution in [2.45, 2.75) is 33.7 Å². The van der Waals surface area contributed by atoms with Crippen LogP contribution >= 0.6 is 0 Å². The van der Waals surface area contributed by atoms with E-state index in [1.165, 1.54) is 0 Å². The molecule has 6 heteroatoms. The number of allylic oxidation sites excluding steroid dienone is 2.